The van der Waals surface area contributed by atoms with Gasteiger partial charge in [-0.1, -0.05) is 20.8 Å². The van der Waals surface area contributed by atoms with Crippen molar-refractivity contribution >= 4 is 11.9 Å². The molecule has 0 spiro atoms. The predicted octanol–water partition coefficient (Wildman–Crippen LogP) is 2.58. The predicted molar refractivity (Wildman–Crippen MR) is 69.0 cm³/mol. The molecule has 4 nitrogen and oxygen atoms in total. The van der Waals surface area contributed by atoms with Crippen molar-refractivity contribution in [3.05, 3.63) is 18.0 Å². The molecular weight excluding hydrogens is 214 g/mol. The number of amides is 1. The van der Waals surface area contributed by atoms with Crippen molar-refractivity contribution in [1.82, 2.24) is 9.97 Å². The molecule has 0 fully saturated rings. The second-order valence-electron chi connectivity index (χ2n) is 4.04. The van der Waals surface area contributed by atoms with E-state index in [0.717, 1.165) is 24.8 Å². The van der Waals surface area contributed by atoms with Crippen LogP contribution in [0.3, 0.4) is 0 Å². The summed E-state index contributed by atoms with van der Waals surface area (Å²) in [6, 6.07) is 0. The Morgan fingerprint density at radius 1 is 1.18 bits per heavy atom. The molecule has 0 aliphatic rings. The van der Waals surface area contributed by atoms with Crippen molar-refractivity contribution in [1.29, 1.82) is 0 Å². The van der Waals surface area contributed by atoms with Crippen molar-refractivity contribution in [2.75, 3.05) is 11.4 Å². The van der Waals surface area contributed by atoms with E-state index < -0.39 is 0 Å². The maximum Gasteiger partial charge on any atom is 0.232 e. The number of hydrogen-bond donors (Lipinski definition) is 0. The van der Waals surface area contributed by atoms with E-state index in [9.17, 15) is 4.79 Å². The molecule has 0 unspecified atom stereocenters. The Labute approximate surface area is 103 Å². The van der Waals surface area contributed by atoms with Gasteiger partial charge in [-0.3, -0.25) is 9.69 Å². The summed E-state index contributed by atoms with van der Waals surface area (Å²) in [5.41, 5.74) is 1.09. The molecule has 0 saturated heterocycles. The minimum atomic E-state index is 0.110. The van der Waals surface area contributed by atoms with Crippen LogP contribution in [0.4, 0.5) is 5.95 Å². The van der Waals surface area contributed by atoms with E-state index >= 15 is 0 Å². The third-order valence-corrected chi connectivity index (χ3v) is 2.55. The summed E-state index contributed by atoms with van der Waals surface area (Å²) >= 11 is 0. The molecule has 4 heteroatoms. The van der Waals surface area contributed by atoms with Crippen LogP contribution in [0.1, 0.15) is 45.6 Å². The fourth-order valence-corrected chi connectivity index (χ4v) is 1.58. The van der Waals surface area contributed by atoms with Crippen LogP contribution in [0.15, 0.2) is 12.4 Å². The van der Waals surface area contributed by atoms with Gasteiger partial charge < -0.3 is 0 Å². The SMILES string of the molecule is CCCC(=O)N(CCC)c1ncc(CC)cn1. The lowest BCUT2D eigenvalue weighted by molar-refractivity contribution is -0.118. The Balaban J connectivity index is 2.84. The highest BCUT2D eigenvalue weighted by atomic mass is 16.2. The average molecular weight is 235 g/mol. The smallest absolute Gasteiger partial charge is 0.232 e. The Hall–Kier alpha value is -1.45. The molecule has 1 heterocycles. The Bertz CT molecular complexity index is 348. The lowest BCUT2D eigenvalue weighted by atomic mass is 10.2. The van der Waals surface area contributed by atoms with Crippen molar-refractivity contribution in [3.8, 4) is 0 Å². The van der Waals surface area contributed by atoms with Crippen LogP contribution >= 0.6 is 0 Å². The second kappa shape index (κ2) is 6.99. The van der Waals surface area contributed by atoms with E-state index in [4.69, 9.17) is 0 Å². The fourth-order valence-electron chi connectivity index (χ4n) is 1.58. The Morgan fingerprint density at radius 3 is 2.29 bits per heavy atom. The minimum Gasteiger partial charge on any atom is -0.281 e. The number of aromatic nitrogens is 2. The third-order valence-electron chi connectivity index (χ3n) is 2.55. The highest BCUT2D eigenvalue weighted by molar-refractivity contribution is 5.91. The number of rotatable bonds is 6. The molecule has 1 aromatic heterocycles. The van der Waals surface area contributed by atoms with Gasteiger partial charge in [0.15, 0.2) is 0 Å². The minimum absolute atomic E-state index is 0.110. The summed E-state index contributed by atoms with van der Waals surface area (Å²) < 4.78 is 0. The first-order chi connectivity index (χ1) is 8.22. The van der Waals surface area contributed by atoms with Crippen LogP contribution in [0, 0.1) is 0 Å². The number of nitrogens with zero attached hydrogens (tertiary/aromatic N) is 3. The van der Waals surface area contributed by atoms with Gasteiger partial charge in [0.25, 0.3) is 0 Å². The number of carbonyl (C=O) groups excluding carboxylic acids is 1. The first kappa shape index (κ1) is 13.6. The lowest BCUT2D eigenvalue weighted by Gasteiger charge is -2.19. The molecule has 0 aliphatic heterocycles. The van der Waals surface area contributed by atoms with Crippen LogP contribution in [0.5, 0.6) is 0 Å². The van der Waals surface area contributed by atoms with E-state index in [1.54, 1.807) is 17.3 Å². The molecule has 0 aliphatic carbocycles. The van der Waals surface area contributed by atoms with Gasteiger partial charge in [-0.25, -0.2) is 9.97 Å². The third kappa shape index (κ3) is 3.80. The Kier molecular flexibility index (Phi) is 5.60. The van der Waals surface area contributed by atoms with Crippen LogP contribution < -0.4 is 4.90 Å². The van der Waals surface area contributed by atoms with Crippen LogP contribution in [0.2, 0.25) is 0 Å². The summed E-state index contributed by atoms with van der Waals surface area (Å²) in [7, 11) is 0. The van der Waals surface area contributed by atoms with E-state index in [0.29, 0.717) is 18.9 Å². The first-order valence-electron chi connectivity index (χ1n) is 6.34. The van der Waals surface area contributed by atoms with Gasteiger partial charge in [0.2, 0.25) is 11.9 Å². The maximum atomic E-state index is 11.9. The summed E-state index contributed by atoms with van der Waals surface area (Å²) in [4.78, 5) is 22.1. The molecular formula is C13H21N3O. The molecule has 0 aromatic carbocycles. The average Bonchev–Trinajstić information content (AvgIpc) is 2.36. The fraction of sp³-hybridized carbons (Fsp3) is 0.615. The monoisotopic (exact) mass is 235 g/mol. The van der Waals surface area contributed by atoms with Gasteiger partial charge in [0, 0.05) is 25.4 Å². The molecule has 1 aromatic rings. The van der Waals surface area contributed by atoms with E-state index in [1.807, 2.05) is 13.8 Å². The molecule has 1 amide bonds. The van der Waals surface area contributed by atoms with E-state index in [-0.39, 0.29) is 5.91 Å². The normalized spacial score (nSPS) is 10.3. The highest BCUT2D eigenvalue weighted by Crippen LogP contribution is 2.10. The number of carbonyl (C=O) groups is 1. The largest absolute Gasteiger partial charge is 0.281 e. The summed E-state index contributed by atoms with van der Waals surface area (Å²) in [5, 5.41) is 0. The summed E-state index contributed by atoms with van der Waals surface area (Å²) in [6.07, 6.45) is 6.82. The molecule has 0 N–H and O–H groups in total. The zero-order valence-electron chi connectivity index (χ0n) is 10.9. The quantitative estimate of drug-likeness (QED) is 0.761. The van der Waals surface area contributed by atoms with Gasteiger partial charge >= 0.3 is 0 Å². The van der Waals surface area contributed by atoms with Crippen LogP contribution in [-0.2, 0) is 11.2 Å². The van der Waals surface area contributed by atoms with Crippen molar-refractivity contribution in [3.63, 3.8) is 0 Å². The zero-order chi connectivity index (χ0) is 12.7. The van der Waals surface area contributed by atoms with Gasteiger partial charge in [-0.2, -0.15) is 0 Å². The number of hydrogen-bond acceptors (Lipinski definition) is 3. The van der Waals surface area contributed by atoms with E-state index in [1.165, 1.54) is 0 Å². The summed E-state index contributed by atoms with van der Waals surface area (Å²) in [5.74, 6) is 0.640. The number of anilines is 1. The van der Waals surface area contributed by atoms with Crippen LogP contribution in [-0.4, -0.2) is 22.4 Å². The maximum absolute atomic E-state index is 11.9. The van der Waals surface area contributed by atoms with E-state index in [2.05, 4.69) is 16.9 Å². The molecule has 0 radical (unpaired) electrons. The standard InChI is InChI=1S/C13H21N3O/c1-4-7-12(17)16(8-5-2)13-14-9-11(6-3)10-15-13/h9-10H,4-8H2,1-3H3. The molecule has 0 atom stereocenters. The molecule has 1 rings (SSSR count). The molecule has 17 heavy (non-hydrogen) atoms. The molecule has 94 valence electrons. The van der Waals surface area contributed by atoms with Gasteiger partial charge in [-0.15, -0.1) is 0 Å². The highest BCUT2D eigenvalue weighted by Gasteiger charge is 2.16. The zero-order valence-corrected chi connectivity index (χ0v) is 10.9. The summed E-state index contributed by atoms with van der Waals surface area (Å²) in [6.45, 7) is 6.80. The van der Waals surface area contributed by atoms with Crippen molar-refractivity contribution in [2.24, 2.45) is 0 Å². The van der Waals surface area contributed by atoms with Crippen molar-refractivity contribution in [2.45, 2.75) is 46.5 Å². The van der Waals surface area contributed by atoms with Crippen molar-refractivity contribution < 1.29 is 4.79 Å². The van der Waals surface area contributed by atoms with Crippen LogP contribution in [0.25, 0.3) is 0 Å². The Morgan fingerprint density at radius 2 is 1.82 bits per heavy atom. The van der Waals surface area contributed by atoms with Gasteiger partial charge in [0.05, 0.1) is 0 Å². The number of aryl methyl sites for hydroxylation is 1. The second-order valence-corrected chi connectivity index (χ2v) is 4.04. The molecule has 0 bridgehead atoms. The van der Waals surface area contributed by atoms with Gasteiger partial charge in [-0.05, 0) is 24.8 Å². The molecule has 0 saturated carbocycles. The van der Waals surface area contributed by atoms with Gasteiger partial charge in [0.1, 0.15) is 0 Å². The first-order valence-corrected chi connectivity index (χ1v) is 6.34. The topological polar surface area (TPSA) is 46.1 Å². The lowest BCUT2D eigenvalue weighted by Crippen LogP contribution is -2.32.